The zero-order valence-electron chi connectivity index (χ0n) is 10.9. The second-order valence-corrected chi connectivity index (χ2v) is 4.23. The third-order valence-electron chi connectivity index (χ3n) is 2.65. The minimum Gasteiger partial charge on any atom is -0.492 e. The molecule has 1 N–H and O–H groups in total. The van der Waals surface area contributed by atoms with Gasteiger partial charge in [0.25, 0.3) is 0 Å². The lowest BCUT2D eigenvalue weighted by atomic mass is 10.2. The van der Waals surface area contributed by atoms with Gasteiger partial charge in [-0.1, -0.05) is 24.6 Å². The van der Waals surface area contributed by atoms with Crippen molar-refractivity contribution in [2.45, 2.75) is 20.3 Å². The highest BCUT2D eigenvalue weighted by Gasteiger charge is 2.02. The van der Waals surface area contributed by atoms with E-state index in [1.807, 2.05) is 24.3 Å². The molecular weight excluding hydrogens is 214 g/mol. The number of ether oxygens (including phenoxy) is 1. The summed E-state index contributed by atoms with van der Waals surface area (Å²) < 4.78 is 5.66. The predicted octanol–water partition coefficient (Wildman–Crippen LogP) is 2.08. The fourth-order valence-electron chi connectivity index (χ4n) is 1.72. The molecular formula is C14H23NO2. The summed E-state index contributed by atoms with van der Waals surface area (Å²) in [5.41, 5.74) is 1.24. The summed E-state index contributed by atoms with van der Waals surface area (Å²) in [7, 11) is 0. The van der Waals surface area contributed by atoms with Crippen LogP contribution in [0.5, 0.6) is 5.75 Å². The maximum atomic E-state index is 8.93. The molecule has 0 amide bonds. The first kappa shape index (κ1) is 14.0. The summed E-state index contributed by atoms with van der Waals surface area (Å²) in [5, 5.41) is 8.93. The van der Waals surface area contributed by atoms with E-state index >= 15 is 0 Å². The van der Waals surface area contributed by atoms with Gasteiger partial charge in [0.15, 0.2) is 0 Å². The lowest BCUT2D eigenvalue weighted by Crippen LogP contribution is -2.31. The summed E-state index contributed by atoms with van der Waals surface area (Å²) >= 11 is 0. The normalized spacial score (nSPS) is 10.8. The summed E-state index contributed by atoms with van der Waals surface area (Å²) in [6.07, 6.45) is 1.10. The number of nitrogens with zero attached hydrogens (tertiary/aromatic N) is 1. The van der Waals surface area contributed by atoms with Gasteiger partial charge in [0, 0.05) is 13.1 Å². The van der Waals surface area contributed by atoms with E-state index < -0.39 is 0 Å². The van der Waals surface area contributed by atoms with Gasteiger partial charge >= 0.3 is 0 Å². The van der Waals surface area contributed by atoms with Crippen LogP contribution in [0.15, 0.2) is 24.3 Å². The standard InChI is InChI=1S/C14H23NO2/c1-3-8-15(9-11-16)10-12-17-14-6-4-13(2)5-7-14/h4-7,16H,3,8-12H2,1-2H3. The second-order valence-electron chi connectivity index (χ2n) is 4.23. The molecule has 3 nitrogen and oxygen atoms in total. The first-order chi connectivity index (χ1) is 8.26. The Kier molecular flexibility index (Phi) is 6.67. The van der Waals surface area contributed by atoms with Crippen molar-refractivity contribution in [2.24, 2.45) is 0 Å². The lowest BCUT2D eigenvalue weighted by Gasteiger charge is -2.20. The number of aliphatic hydroxyl groups is 1. The van der Waals surface area contributed by atoms with Crippen molar-refractivity contribution in [1.29, 1.82) is 0 Å². The largest absolute Gasteiger partial charge is 0.492 e. The molecule has 1 aromatic carbocycles. The molecule has 0 spiro atoms. The zero-order chi connectivity index (χ0) is 12.5. The van der Waals surface area contributed by atoms with Gasteiger partial charge in [-0.2, -0.15) is 0 Å². The van der Waals surface area contributed by atoms with Crippen LogP contribution in [0, 0.1) is 6.92 Å². The minimum absolute atomic E-state index is 0.213. The summed E-state index contributed by atoms with van der Waals surface area (Å²) in [4.78, 5) is 2.22. The molecule has 0 aliphatic rings. The number of aryl methyl sites for hydroxylation is 1. The van der Waals surface area contributed by atoms with Crippen LogP contribution in [0.1, 0.15) is 18.9 Å². The van der Waals surface area contributed by atoms with E-state index in [0.29, 0.717) is 6.61 Å². The Morgan fingerprint density at radius 3 is 2.41 bits per heavy atom. The maximum Gasteiger partial charge on any atom is 0.119 e. The van der Waals surface area contributed by atoms with Gasteiger partial charge in [0.05, 0.1) is 6.61 Å². The van der Waals surface area contributed by atoms with Crippen LogP contribution >= 0.6 is 0 Å². The molecule has 0 atom stereocenters. The van der Waals surface area contributed by atoms with Crippen LogP contribution in [0.2, 0.25) is 0 Å². The molecule has 0 radical (unpaired) electrons. The van der Waals surface area contributed by atoms with Crippen LogP contribution in [0.4, 0.5) is 0 Å². The van der Waals surface area contributed by atoms with Crippen LogP contribution in [-0.4, -0.2) is 42.9 Å². The summed E-state index contributed by atoms with van der Waals surface area (Å²) in [6.45, 7) is 7.69. The van der Waals surface area contributed by atoms with E-state index in [2.05, 4.69) is 18.7 Å². The van der Waals surface area contributed by atoms with Crippen molar-refractivity contribution in [2.75, 3.05) is 32.8 Å². The highest BCUT2D eigenvalue weighted by molar-refractivity contribution is 5.26. The van der Waals surface area contributed by atoms with E-state index in [4.69, 9.17) is 9.84 Å². The highest BCUT2D eigenvalue weighted by Crippen LogP contribution is 2.11. The monoisotopic (exact) mass is 237 g/mol. The van der Waals surface area contributed by atoms with Crippen LogP contribution in [0.3, 0.4) is 0 Å². The Morgan fingerprint density at radius 1 is 1.12 bits per heavy atom. The topological polar surface area (TPSA) is 32.7 Å². The molecule has 0 aromatic heterocycles. The van der Waals surface area contributed by atoms with Gasteiger partial charge in [0.1, 0.15) is 12.4 Å². The van der Waals surface area contributed by atoms with Crippen LogP contribution in [-0.2, 0) is 0 Å². The predicted molar refractivity (Wildman–Crippen MR) is 70.5 cm³/mol. The Labute approximate surface area is 104 Å². The SMILES string of the molecule is CCCN(CCO)CCOc1ccc(C)cc1. The molecule has 17 heavy (non-hydrogen) atoms. The average Bonchev–Trinajstić information content (AvgIpc) is 2.32. The van der Waals surface area contributed by atoms with Crippen molar-refractivity contribution in [3.8, 4) is 5.75 Å². The van der Waals surface area contributed by atoms with E-state index in [0.717, 1.165) is 31.8 Å². The molecule has 0 aliphatic heterocycles. The van der Waals surface area contributed by atoms with Crippen molar-refractivity contribution < 1.29 is 9.84 Å². The smallest absolute Gasteiger partial charge is 0.119 e. The second kappa shape index (κ2) is 8.09. The van der Waals surface area contributed by atoms with Gasteiger partial charge < -0.3 is 9.84 Å². The van der Waals surface area contributed by atoms with Crippen molar-refractivity contribution in [1.82, 2.24) is 4.90 Å². The average molecular weight is 237 g/mol. The van der Waals surface area contributed by atoms with Gasteiger partial charge in [0.2, 0.25) is 0 Å². The fourth-order valence-corrected chi connectivity index (χ4v) is 1.72. The van der Waals surface area contributed by atoms with E-state index in [1.165, 1.54) is 5.56 Å². The maximum absolute atomic E-state index is 8.93. The zero-order valence-corrected chi connectivity index (χ0v) is 10.9. The molecule has 0 unspecified atom stereocenters. The lowest BCUT2D eigenvalue weighted by molar-refractivity contribution is 0.168. The van der Waals surface area contributed by atoms with Crippen molar-refractivity contribution in [3.05, 3.63) is 29.8 Å². The van der Waals surface area contributed by atoms with E-state index in [9.17, 15) is 0 Å². The molecule has 0 fully saturated rings. The summed E-state index contributed by atoms with van der Waals surface area (Å²) in [5.74, 6) is 0.913. The third kappa shape index (κ3) is 5.71. The Morgan fingerprint density at radius 2 is 1.82 bits per heavy atom. The van der Waals surface area contributed by atoms with Gasteiger partial charge in [-0.3, -0.25) is 4.90 Å². The molecule has 1 aromatic rings. The first-order valence-electron chi connectivity index (χ1n) is 6.29. The van der Waals surface area contributed by atoms with Crippen molar-refractivity contribution >= 4 is 0 Å². The first-order valence-corrected chi connectivity index (χ1v) is 6.29. The quantitative estimate of drug-likeness (QED) is 0.751. The van der Waals surface area contributed by atoms with Gasteiger partial charge in [-0.15, -0.1) is 0 Å². The minimum atomic E-state index is 0.213. The van der Waals surface area contributed by atoms with E-state index in [-0.39, 0.29) is 6.61 Å². The molecule has 96 valence electrons. The van der Waals surface area contributed by atoms with E-state index in [1.54, 1.807) is 0 Å². The van der Waals surface area contributed by atoms with Gasteiger partial charge in [-0.05, 0) is 32.0 Å². The van der Waals surface area contributed by atoms with Crippen LogP contribution < -0.4 is 4.74 Å². The molecule has 0 aliphatic carbocycles. The number of rotatable bonds is 8. The molecule has 0 heterocycles. The Balaban J connectivity index is 2.27. The molecule has 1 rings (SSSR count). The number of benzene rings is 1. The Hall–Kier alpha value is -1.06. The third-order valence-corrected chi connectivity index (χ3v) is 2.65. The molecule has 0 bridgehead atoms. The number of hydrogen-bond acceptors (Lipinski definition) is 3. The van der Waals surface area contributed by atoms with Gasteiger partial charge in [-0.25, -0.2) is 0 Å². The number of aliphatic hydroxyl groups excluding tert-OH is 1. The van der Waals surface area contributed by atoms with Crippen LogP contribution in [0.25, 0.3) is 0 Å². The highest BCUT2D eigenvalue weighted by atomic mass is 16.5. The van der Waals surface area contributed by atoms with Crippen molar-refractivity contribution in [3.63, 3.8) is 0 Å². The Bertz CT molecular complexity index is 292. The summed E-state index contributed by atoms with van der Waals surface area (Å²) in [6, 6.07) is 8.08. The fraction of sp³-hybridized carbons (Fsp3) is 0.571. The molecule has 3 heteroatoms. The molecule has 0 saturated carbocycles. The molecule has 0 saturated heterocycles. The number of hydrogen-bond donors (Lipinski definition) is 1.